The van der Waals surface area contributed by atoms with Crippen molar-refractivity contribution in [2.45, 2.75) is 19.1 Å². The molecule has 90 valence electrons. The number of hydrogen-bond donors (Lipinski definition) is 1. The Morgan fingerprint density at radius 1 is 1.40 bits per heavy atom. The van der Waals surface area contributed by atoms with E-state index in [-0.39, 0.29) is 6.04 Å². The number of nitrogens with zero attached hydrogens (tertiary/aromatic N) is 1. The topological polar surface area (TPSA) is 49.4 Å². The second kappa shape index (κ2) is 4.26. The monoisotopic (exact) mass is 246 g/mol. The quantitative estimate of drug-likeness (QED) is 0.769. The molecule has 0 spiro atoms. The highest BCUT2D eigenvalue weighted by Gasteiger charge is 2.37. The van der Waals surface area contributed by atoms with Crippen molar-refractivity contribution in [1.29, 1.82) is 0 Å². The second-order valence-corrected chi connectivity index (χ2v) is 5.30. The van der Waals surface area contributed by atoms with Crippen LogP contribution in [0.15, 0.2) is 0 Å². The highest BCUT2D eigenvalue weighted by molar-refractivity contribution is 7.89. The largest absolute Gasteiger partial charge is 0.404 e. The van der Waals surface area contributed by atoms with Crippen molar-refractivity contribution in [2.75, 3.05) is 25.4 Å². The van der Waals surface area contributed by atoms with Gasteiger partial charge in [0.15, 0.2) is 5.75 Å². The van der Waals surface area contributed by atoms with Crippen molar-refractivity contribution in [1.82, 2.24) is 9.62 Å². The summed E-state index contributed by atoms with van der Waals surface area (Å²) >= 11 is 0. The number of likely N-dealkylation sites (tertiary alicyclic amines) is 1. The Labute approximate surface area is 86.5 Å². The molecule has 1 N–H and O–H groups in total. The zero-order valence-corrected chi connectivity index (χ0v) is 9.03. The van der Waals surface area contributed by atoms with E-state index in [1.165, 1.54) is 0 Å². The van der Waals surface area contributed by atoms with Crippen LogP contribution < -0.4 is 4.72 Å². The van der Waals surface area contributed by atoms with E-state index in [1.54, 1.807) is 0 Å². The predicted octanol–water partition coefficient (Wildman–Crippen LogP) is 0.172. The zero-order valence-electron chi connectivity index (χ0n) is 8.21. The number of nitrogens with one attached hydrogen (secondary N) is 1. The van der Waals surface area contributed by atoms with E-state index in [2.05, 4.69) is 0 Å². The summed E-state index contributed by atoms with van der Waals surface area (Å²) in [7, 11) is -4.23. The number of alkyl halides is 3. The number of sulfonamides is 1. The molecule has 1 heterocycles. The third kappa shape index (κ3) is 4.35. The lowest BCUT2D eigenvalue weighted by Gasteiger charge is -2.38. The molecule has 4 nitrogen and oxygen atoms in total. The van der Waals surface area contributed by atoms with Gasteiger partial charge in [-0.1, -0.05) is 6.92 Å². The third-order valence-corrected chi connectivity index (χ3v) is 3.50. The van der Waals surface area contributed by atoms with E-state index < -0.39 is 22.0 Å². The molecule has 0 aromatic carbocycles. The first-order chi connectivity index (χ1) is 6.72. The SMILES string of the molecule is CCN1CC(NS(=O)(=O)CC(F)(F)F)C1. The van der Waals surface area contributed by atoms with E-state index >= 15 is 0 Å². The van der Waals surface area contributed by atoms with Gasteiger partial charge in [-0.3, -0.25) is 0 Å². The maximum absolute atomic E-state index is 11.8. The summed E-state index contributed by atoms with van der Waals surface area (Å²) in [4.78, 5) is 1.93. The Hall–Kier alpha value is -0.340. The highest BCUT2D eigenvalue weighted by Crippen LogP contribution is 2.17. The first kappa shape index (κ1) is 12.7. The van der Waals surface area contributed by atoms with E-state index in [9.17, 15) is 21.6 Å². The first-order valence-corrected chi connectivity index (χ1v) is 6.16. The molecule has 0 aromatic rings. The Bertz CT molecular complexity index is 309. The maximum atomic E-state index is 11.8. The van der Waals surface area contributed by atoms with Crippen LogP contribution in [-0.2, 0) is 10.0 Å². The summed E-state index contributed by atoms with van der Waals surface area (Å²) in [6.45, 7) is 3.64. The zero-order chi connectivity index (χ0) is 11.7. The Kier molecular flexibility index (Phi) is 3.62. The van der Waals surface area contributed by atoms with Crippen molar-refractivity contribution in [3.8, 4) is 0 Å². The van der Waals surface area contributed by atoms with Gasteiger partial charge in [-0.05, 0) is 6.54 Å². The van der Waals surface area contributed by atoms with Crippen LogP contribution in [0, 0.1) is 0 Å². The standard InChI is InChI=1S/C7H13F3N2O2S/c1-2-12-3-6(4-12)11-15(13,14)5-7(8,9)10/h6,11H,2-5H2,1H3. The van der Waals surface area contributed by atoms with E-state index in [1.807, 2.05) is 16.5 Å². The highest BCUT2D eigenvalue weighted by atomic mass is 32.2. The Morgan fingerprint density at radius 3 is 2.33 bits per heavy atom. The molecule has 0 radical (unpaired) electrons. The van der Waals surface area contributed by atoms with Gasteiger partial charge in [0.25, 0.3) is 0 Å². The van der Waals surface area contributed by atoms with Gasteiger partial charge in [-0.25, -0.2) is 13.1 Å². The Balaban J connectivity index is 2.39. The summed E-state index contributed by atoms with van der Waals surface area (Å²) in [6.07, 6.45) is -4.68. The lowest BCUT2D eigenvalue weighted by atomic mass is 10.1. The van der Waals surface area contributed by atoms with Gasteiger partial charge < -0.3 is 4.90 Å². The minimum atomic E-state index is -4.68. The molecule has 1 rings (SSSR count). The van der Waals surface area contributed by atoms with Crippen molar-refractivity contribution < 1.29 is 21.6 Å². The Morgan fingerprint density at radius 2 is 1.93 bits per heavy atom. The summed E-state index contributed by atoms with van der Waals surface area (Å²) < 4.78 is 59.5. The number of likely N-dealkylation sites (N-methyl/N-ethyl adjacent to an activating group) is 1. The lowest BCUT2D eigenvalue weighted by molar-refractivity contribution is -0.106. The molecule has 1 fully saturated rings. The van der Waals surface area contributed by atoms with Gasteiger partial charge in [-0.2, -0.15) is 13.2 Å². The van der Waals surface area contributed by atoms with Crippen LogP contribution >= 0.6 is 0 Å². The van der Waals surface area contributed by atoms with Crippen LogP contribution in [-0.4, -0.2) is 50.9 Å². The summed E-state index contributed by atoms with van der Waals surface area (Å²) in [6, 6.07) is -0.378. The molecule has 0 atom stereocenters. The van der Waals surface area contributed by atoms with Crippen molar-refractivity contribution in [2.24, 2.45) is 0 Å². The molecule has 1 aliphatic heterocycles. The van der Waals surface area contributed by atoms with Gasteiger partial charge in [-0.15, -0.1) is 0 Å². The molecular weight excluding hydrogens is 233 g/mol. The average molecular weight is 246 g/mol. The molecule has 0 aliphatic carbocycles. The second-order valence-electron chi connectivity index (χ2n) is 3.54. The fourth-order valence-electron chi connectivity index (χ4n) is 1.41. The van der Waals surface area contributed by atoms with Crippen LogP contribution in [0.2, 0.25) is 0 Å². The summed E-state index contributed by atoms with van der Waals surface area (Å²) in [5.41, 5.74) is 0. The molecule has 0 aromatic heterocycles. The van der Waals surface area contributed by atoms with Crippen LogP contribution in [0.1, 0.15) is 6.92 Å². The van der Waals surface area contributed by atoms with E-state index in [0.717, 1.165) is 6.54 Å². The van der Waals surface area contributed by atoms with Crippen LogP contribution in [0.4, 0.5) is 13.2 Å². The van der Waals surface area contributed by atoms with Crippen LogP contribution in [0.3, 0.4) is 0 Å². The number of rotatable bonds is 4. The fourth-order valence-corrected chi connectivity index (χ4v) is 2.58. The third-order valence-electron chi connectivity index (χ3n) is 2.10. The lowest BCUT2D eigenvalue weighted by Crippen LogP contribution is -2.59. The van der Waals surface area contributed by atoms with Gasteiger partial charge in [0, 0.05) is 19.1 Å². The molecule has 0 bridgehead atoms. The first-order valence-electron chi connectivity index (χ1n) is 4.51. The number of hydrogen-bond acceptors (Lipinski definition) is 3. The van der Waals surface area contributed by atoms with Gasteiger partial charge in [0.1, 0.15) is 0 Å². The average Bonchev–Trinajstić information content (AvgIpc) is 1.90. The van der Waals surface area contributed by atoms with Crippen LogP contribution in [0.5, 0.6) is 0 Å². The molecule has 1 aliphatic rings. The van der Waals surface area contributed by atoms with Gasteiger partial charge in [0.05, 0.1) is 0 Å². The maximum Gasteiger partial charge on any atom is 0.404 e. The van der Waals surface area contributed by atoms with E-state index in [4.69, 9.17) is 0 Å². The smallest absolute Gasteiger partial charge is 0.300 e. The van der Waals surface area contributed by atoms with Crippen molar-refractivity contribution in [3.63, 3.8) is 0 Å². The van der Waals surface area contributed by atoms with Crippen molar-refractivity contribution >= 4 is 10.0 Å². The van der Waals surface area contributed by atoms with Gasteiger partial charge >= 0.3 is 6.18 Å². The normalized spacial score (nSPS) is 20.3. The molecule has 15 heavy (non-hydrogen) atoms. The molecule has 0 unspecified atom stereocenters. The van der Waals surface area contributed by atoms with Crippen LogP contribution in [0.25, 0.3) is 0 Å². The molecule has 8 heteroatoms. The van der Waals surface area contributed by atoms with E-state index in [0.29, 0.717) is 13.1 Å². The minimum Gasteiger partial charge on any atom is -0.300 e. The minimum absolute atomic E-state index is 0.378. The predicted molar refractivity (Wildman–Crippen MR) is 48.9 cm³/mol. The fraction of sp³-hybridized carbons (Fsp3) is 1.00. The summed E-state index contributed by atoms with van der Waals surface area (Å²) in [5.74, 6) is -1.80. The molecule has 0 amide bonds. The molecule has 1 saturated heterocycles. The summed E-state index contributed by atoms with van der Waals surface area (Å²) in [5, 5.41) is 0. The van der Waals surface area contributed by atoms with Crippen molar-refractivity contribution in [3.05, 3.63) is 0 Å². The van der Waals surface area contributed by atoms with Gasteiger partial charge in [0.2, 0.25) is 10.0 Å². The molecule has 0 saturated carbocycles. The number of halogens is 3. The molecular formula is C7H13F3N2O2S.